The van der Waals surface area contributed by atoms with E-state index in [1.165, 1.54) is 10.6 Å². The fourth-order valence-electron chi connectivity index (χ4n) is 2.21. The first-order valence-corrected chi connectivity index (χ1v) is 7.30. The topological polar surface area (TPSA) is 97.7 Å². The van der Waals surface area contributed by atoms with Gasteiger partial charge in [0.05, 0.1) is 19.2 Å². The Labute approximate surface area is 137 Å². The first-order valence-electron chi connectivity index (χ1n) is 7.30. The number of carbonyl (C=O) groups is 1. The van der Waals surface area contributed by atoms with Gasteiger partial charge >= 0.3 is 5.69 Å². The third kappa shape index (κ3) is 3.22. The number of hydrogen-bond acceptors (Lipinski definition) is 5. The van der Waals surface area contributed by atoms with Gasteiger partial charge in [0.15, 0.2) is 17.1 Å². The van der Waals surface area contributed by atoms with Crippen molar-refractivity contribution < 1.29 is 14.3 Å². The van der Waals surface area contributed by atoms with Gasteiger partial charge in [-0.1, -0.05) is 12.1 Å². The Bertz CT molecular complexity index is 916. The number of rotatable bonds is 6. The Hall–Kier alpha value is -3.29. The van der Waals surface area contributed by atoms with Crippen molar-refractivity contribution in [3.05, 3.63) is 58.6 Å². The van der Waals surface area contributed by atoms with Gasteiger partial charge < -0.3 is 14.8 Å². The number of hydrogen-bond donors (Lipinski definition) is 2. The lowest BCUT2D eigenvalue weighted by Gasteiger charge is -2.10. The van der Waals surface area contributed by atoms with Crippen molar-refractivity contribution in [2.45, 2.75) is 0 Å². The summed E-state index contributed by atoms with van der Waals surface area (Å²) in [5, 5.41) is 8.86. The maximum atomic E-state index is 12.1. The molecule has 0 unspecified atom stereocenters. The van der Waals surface area contributed by atoms with Gasteiger partial charge in [-0.3, -0.25) is 4.79 Å². The lowest BCUT2D eigenvalue weighted by molar-refractivity contribution is 0.0946. The van der Waals surface area contributed by atoms with E-state index in [2.05, 4.69) is 15.5 Å². The van der Waals surface area contributed by atoms with Crippen molar-refractivity contribution in [3.8, 4) is 11.5 Å². The van der Waals surface area contributed by atoms with Crippen LogP contribution in [-0.2, 0) is 0 Å². The fraction of sp³-hybridized carbons (Fsp3) is 0.188. The molecular formula is C16H16N4O4. The summed E-state index contributed by atoms with van der Waals surface area (Å²) in [6, 6.07) is 10.5. The lowest BCUT2D eigenvalue weighted by atomic mass is 10.2. The maximum absolute atomic E-state index is 12.1. The molecule has 1 amide bonds. The molecule has 8 heteroatoms. The van der Waals surface area contributed by atoms with Crippen molar-refractivity contribution in [2.24, 2.45) is 0 Å². The molecule has 1 aromatic carbocycles. The van der Waals surface area contributed by atoms with E-state index < -0.39 is 0 Å². The van der Waals surface area contributed by atoms with Gasteiger partial charge in [-0.15, -0.1) is 0 Å². The van der Waals surface area contributed by atoms with Crippen LogP contribution in [0.5, 0.6) is 11.5 Å². The molecule has 0 radical (unpaired) electrons. The first kappa shape index (κ1) is 15.6. The molecule has 2 heterocycles. The number of nitrogens with zero attached hydrogens (tertiary/aromatic N) is 2. The van der Waals surface area contributed by atoms with E-state index in [0.29, 0.717) is 35.9 Å². The standard InChI is InChI=1S/C16H16N4O4/c1-23-12-4-2-3-5-13(12)24-9-8-17-15(21)11-6-7-14-18-19-16(22)20(14)10-11/h2-7,10H,8-9H2,1H3,(H,17,21)(H,19,22). The molecule has 3 rings (SSSR count). The van der Waals surface area contributed by atoms with E-state index >= 15 is 0 Å². The smallest absolute Gasteiger partial charge is 0.347 e. The number of benzene rings is 1. The summed E-state index contributed by atoms with van der Waals surface area (Å²) in [5.74, 6) is 0.947. The van der Waals surface area contributed by atoms with E-state index in [1.807, 2.05) is 12.1 Å². The minimum atomic E-state index is -0.390. The number of carbonyl (C=O) groups excluding carboxylic acids is 1. The molecule has 0 aliphatic rings. The van der Waals surface area contributed by atoms with Crippen molar-refractivity contribution in [3.63, 3.8) is 0 Å². The summed E-state index contributed by atoms with van der Waals surface area (Å²) in [7, 11) is 1.57. The van der Waals surface area contributed by atoms with Crippen LogP contribution in [-0.4, -0.2) is 40.8 Å². The summed E-state index contributed by atoms with van der Waals surface area (Å²) in [4.78, 5) is 23.6. The minimum Gasteiger partial charge on any atom is -0.493 e. The second kappa shape index (κ2) is 6.86. The quantitative estimate of drug-likeness (QED) is 0.654. The van der Waals surface area contributed by atoms with Crippen LogP contribution in [0, 0.1) is 0 Å². The third-order valence-electron chi connectivity index (χ3n) is 3.39. The Kier molecular flexibility index (Phi) is 4.46. The molecule has 0 saturated heterocycles. The highest BCUT2D eigenvalue weighted by Gasteiger charge is 2.08. The van der Waals surface area contributed by atoms with Crippen molar-refractivity contribution in [2.75, 3.05) is 20.3 Å². The van der Waals surface area contributed by atoms with Gasteiger partial charge in [0, 0.05) is 6.20 Å². The van der Waals surface area contributed by atoms with Crippen LogP contribution in [0.1, 0.15) is 10.4 Å². The number of aromatic nitrogens is 3. The normalized spacial score (nSPS) is 10.5. The highest BCUT2D eigenvalue weighted by Crippen LogP contribution is 2.25. The van der Waals surface area contributed by atoms with E-state index in [0.717, 1.165) is 0 Å². The number of H-pyrrole nitrogens is 1. The molecule has 24 heavy (non-hydrogen) atoms. The number of methoxy groups -OCH3 is 1. The Morgan fingerprint density at radius 3 is 2.83 bits per heavy atom. The van der Waals surface area contributed by atoms with Gasteiger partial charge in [-0.05, 0) is 24.3 Å². The van der Waals surface area contributed by atoms with Crippen LogP contribution in [0.2, 0.25) is 0 Å². The number of ether oxygens (including phenoxy) is 2. The molecule has 8 nitrogen and oxygen atoms in total. The van der Waals surface area contributed by atoms with E-state index in [4.69, 9.17) is 9.47 Å². The van der Waals surface area contributed by atoms with Gasteiger partial charge in [-0.25, -0.2) is 14.3 Å². The zero-order valence-corrected chi connectivity index (χ0v) is 13.0. The Morgan fingerprint density at radius 1 is 1.25 bits per heavy atom. The maximum Gasteiger partial charge on any atom is 0.347 e. The van der Waals surface area contributed by atoms with E-state index in [1.54, 1.807) is 31.4 Å². The largest absolute Gasteiger partial charge is 0.493 e. The number of fused-ring (bicyclic) bond motifs is 1. The predicted molar refractivity (Wildman–Crippen MR) is 86.6 cm³/mol. The Balaban J connectivity index is 1.57. The van der Waals surface area contributed by atoms with E-state index in [9.17, 15) is 9.59 Å². The fourth-order valence-corrected chi connectivity index (χ4v) is 2.21. The molecule has 2 aromatic heterocycles. The summed E-state index contributed by atoms with van der Waals surface area (Å²) in [6.07, 6.45) is 1.44. The van der Waals surface area contributed by atoms with E-state index in [-0.39, 0.29) is 11.6 Å². The number of aromatic amines is 1. The highest BCUT2D eigenvalue weighted by molar-refractivity contribution is 5.94. The SMILES string of the molecule is COc1ccccc1OCCNC(=O)c1ccc2n[nH]c(=O)n2c1. The van der Waals surface area contributed by atoms with Gasteiger partial charge in [0.2, 0.25) is 0 Å². The molecule has 0 saturated carbocycles. The van der Waals surface area contributed by atoms with Gasteiger partial charge in [0.25, 0.3) is 5.91 Å². The van der Waals surface area contributed by atoms with Crippen LogP contribution in [0.3, 0.4) is 0 Å². The molecule has 0 spiro atoms. The average molecular weight is 328 g/mol. The molecule has 3 aromatic rings. The Morgan fingerprint density at radius 2 is 2.04 bits per heavy atom. The molecular weight excluding hydrogens is 312 g/mol. The number of pyridine rings is 1. The molecule has 0 atom stereocenters. The zero-order chi connectivity index (χ0) is 16.9. The summed E-state index contributed by atoms with van der Waals surface area (Å²) in [6.45, 7) is 0.606. The first-order chi connectivity index (χ1) is 11.7. The predicted octanol–water partition coefficient (Wildman–Crippen LogP) is 0.840. The molecule has 0 fully saturated rings. The van der Waals surface area contributed by atoms with Crippen LogP contribution in [0.15, 0.2) is 47.4 Å². The molecule has 0 aliphatic carbocycles. The number of para-hydroxylation sites is 2. The second-order valence-electron chi connectivity index (χ2n) is 4.93. The van der Waals surface area contributed by atoms with Crippen LogP contribution >= 0.6 is 0 Å². The molecule has 0 bridgehead atoms. The summed E-state index contributed by atoms with van der Waals surface area (Å²) >= 11 is 0. The lowest BCUT2D eigenvalue weighted by Crippen LogP contribution is -2.28. The van der Waals surface area contributed by atoms with Crippen LogP contribution < -0.4 is 20.5 Å². The third-order valence-corrected chi connectivity index (χ3v) is 3.39. The van der Waals surface area contributed by atoms with Gasteiger partial charge in [0.1, 0.15) is 6.61 Å². The summed E-state index contributed by atoms with van der Waals surface area (Å²) < 4.78 is 12.0. The van der Waals surface area contributed by atoms with Crippen molar-refractivity contribution in [1.82, 2.24) is 19.9 Å². The number of nitrogens with one attached hydrogen (secondary N) is 2. The average Bonchev–Trinajstić information content (AvgIpc) is 2.99. The molecule has 0 aliphatic heterocycles. The van der Waals surface area contributed by atoms with Crippen LogP contribution in [0.25, 0.3) is 5.65 Å². The minimum absolute atomic E-state index is 0.292. The highest BCUT2D eigenvalue weighted by atomic mass is 16.5. The second-order valence-corrected chi connectivity index (χ2v) is 4.93. The van der Waals surface area contributed by atoms with Crippen molar-refractivity contribution in [1.29, 1.82) is 0 Å². The monoisotopic (exact) mass is 328 g/mol. The summed E-state index contributed by atoms with van der Waals surface area (Å²) in [5.41, 5.74) is 0.429. The zero-order valence-electron chi connectivity index (χ0n) is 13.0. The molecule has 124 valence electrons. The van der Waals surface area contributed by atoms with Crippen LogP contribution in [0.4, 0.5) is 0 Å². The number of amides is 1. The van der Waals surface area contributed by atoms with Gasteiger partial charge in [-0.2, -0.15) is 5.10 Å². The van der Waals surface area contributed by atoms with Crippen molar-refractivity contribution >= 4 is 11.6 Å². The molecule has 2 N–H and O–H groups in total.